The molecule has 1 unspecified atom stereocenters. The Morgan fingerprint density at radius 1 is 1.00 bits per heavy atom. The SMILES string of the molecule is COC(=O)OC(C)(C=O)[C@@]1(OC(=O)OC)CC[C@H]2C3=CC=C4CCCC[C@]4(C)[C@H]3CC[C@@]21C. The number of aldehydes is 1. The predicted molar refractivity (Wildman–Crippen MR) is 120 cm³/mol. The highest BCUT2D eigenvalue weighted by Crippen LogP contribution is 2.68. The van der Waals surface area contributed by atoms with Crippen LogP contribution in [0.25, 0.3) is 0 Å². The second-order valence-corrected chi connectivity index (χ2v) is 10.7. The van der Waals surface area contributed by atoms with Crippen LogP contribution in [0.4, 0.5) is 9.59 Å². The molecule has 0 amide bonds. The zero-order valence-corrected chi connectivity index (χ0v) is 20.4. The number of carbonyl (C=O) groups is 3. The smallest absolute Gasteiger partial charge is 0.438 e. The molecular formula is C26H36O7. The van der Waals surface area contributed by atoms with Gasteiger partial charge in [-0.3, -0.25) is 4.79 Å². The molecule has 4 aliphatic carbocycles. The summed E-state index contributed by atoms with van der Waals surface area (Å²) in [7, 11) is 2.43. The number of hydrogen-bond acceptors (Lipinski definition) is 7. The van der Waals surface area contributed by atoms with E-state index in [1.807, 2.05) is 0 Å². The molecule has 3 fully saturated rings. The largest absolute Gasteiger partial charge is 0.509 e. The van der Waals surface area contributed by atoms with E-state index in [4.69, 9.17) is 18.9 Å². The normalized spacial score (nSPS) is 38.8. The van der Waals surface area contributed by atoms with Crippen LogP contribution in [-0.2, 0) is 23.7 Å². The number of ether oxygens (including phenoxy) is 4. The van der Waals surface area contributed by atoms with E-state index in [-0.39, 0.29) is 11.3 Å². The van der Waals surface area contributed by atoms with Crippen LogP contribution in [0.5, 0.6) is 0 Å². The second-order valence-electron chi connectivity index (χ2n) is 10.7. The first-order valence-corrected chi connectivity index (χ1v) is 12.0. The highest BCUT2D eigenvalue weighted by Gasteiger charge is 2.72. The molecule has 3 saturated carbocycles. The van der Waals surface area contributed by atoms with Gasteiger partial charge in [0.1, 0.15) is 0 Å². The van der Waals surface area contributed by atoms with Crippen molar-refractivity contribution < 1.29 is 33.3 Å². The summed E-state index contributed by atoms with van der Waals surface area (Å²) in [5.41, 5.74) is -0.642. The Hall–Kier alpha value is -2.31. The summed E-state index contributed by atoms with van der Waals surface area (Å²) in [6.07, 6.45) is 10.9. The standard InChI is InChI=1S/C26H36O7/c1-23-13-7-6-8-17(23)9-10-18-19(23)11-14-24(2)20(18)12-15-26(24,33-22(29)31-5)25(3,16-27)32-21(28)30-4/h9-10,16,19-20H,6-8,11-15H2,1-5H3/t19-,20-,23-,24-,25?,26+/m0/s1. The van der Waals surface area contributed by atoms with Gasteiger partial charge < -0.3 is 18.9 Å². The summed E-state index contributed by atoms with van der Waals surface area (Å²) < 4.78 is 21.1. The van der Waals surface area contributed by atoms with E-state index in [1.165, 1.54) is 46.0 Å². The van der Waals surface area contributed by atoms with E-state index in [2.05, 4.69) is 26.0 Å². The molecule has 0 bridgehead atoms. The van der Waals surface area contributed by atoms with Crippen molar-refractivity contribution in [3.63, 3.8) is 0 Å². The number of hydrogen-bond donors (Lipinski definition) is 0. The number of methoxy groups -OCH3 is 2. The van der Waals surface area contributed by atoms with Gasteiger partial charge in [-0.2, -0.15) is 0 Å². The maximum atomic E-state index is 12.5. The first kappa shape index (κ1) is 23.8. The Kier molecular flexibility index (Phi) is 5.90. The molecule has 33 heavy (non-hydrogen) atoms. The molecule has 0 aromatic carbocycles. The molecule has 0 heterocycles. The molecule has 6 atom stereocenters. The van der Waals surface area contributed by atoms with E-state index in [1.54, 1.807) is 5.57 Å². The molecule has 4 rings (SSSR count). The molecule has 0 aliphatic heterocycles. The summed E-state index contributed by atoms with van der Waals surface area (Å²) in [6.45, 7) is 5.98. The van der Waals surface area contributed by atoms with E-state index in [0.717, 1.165) is 25.7 Å². The third-order valence-corrected chi connectivity index (χ3v) is 9.52. The molecule has 0 radical (unpaired) electrons. The quantitative estimate of drug-likeness (QED) is 0.403. The van der Waals surface area contributed by atoms with E-state index < -0.39 is 28.9 Å². The second kappa shape index (κ2) is 8.17. The minimum absolute atomic E-state index is 0.0954. The van der Waals surface area contributed by atoms with Gasteiger partial charge in [-0.05, 0) is 69.1 Å². The predicted octanol–water partition coefficient (Wildman–Crippen LogP) is 5.52. The lowest BCUT2D eigenvalue weighted by Gasteiger charge is -2.57. The fourth-order valence-corrected chi connectivity index (χ4v) is 7.72. The molecule has 0 aromatic heterocycles. The highest BCUT2D eigenvalue weighted by molar-refractivity contribution is 5.73. The zero-order chi connectivity index (χ0) is 24.1. The van der Waals surface area contributed by atoms with Gasteiger partial charge in [0, 0.05) is 5.41 Å². The van der Waals surface area contributed by atoms with Gasteiger partial charge in [0.05, 0.1) is 14.2 Å². The van der Waals surface area contributed by atoms with Crippen molar-refractivity contribution in [1.82, 2.24) is 0 Å². The van der Waals surface area contributed by atoms with Crippen LogP contribution in [-0.4, -0.2) is 44.0 Å². The van der Waals surface area contributed by atoms with Crippen LogP contribution >= 0.6 is 0 Å². The van der Waals surface area contributed by atoms with Crippen molar-refractivity contribution in [3.8, 4) is 0 Å². The lowest BCUT2D eigenvalue weighted by atomic mass is 9.49. The monoisotopic (exact) mass is 460 g/mol. The number of allylic oxidation sites excluding steroid dienone is 4. The summed E-state index contributed by atoms with van der Waals surface area (Å²) in [6, 6.07) is 0. The van der Waals surface area contributed by atoms with Crippen LogP contribution in [0.3, 0.4) is 0 Å². The Morgan fingerprint density at radius 3 is 2.36 bits per heavy atom. The minimum atomic E-state index is -1.73. The molecule has 7 nitrogen and oxygen atoms in total. The van der Waals surface area contributed by atoms with Crippen LogP contribution in [0, 0.1) is 22.7 Å². The average Bonchev–Trinajstić information content (AvgIpc) is 3.11. The number of carbonyl (C=O) groups excluding carboxylic acids is 3. The summed E-state index contributed by atoms with van der Waals surface area (Å²) in [5.74, 6) is 0.534. The van der Waals surface area contributed by atoms with Gasteiger partial charge in [-0.25, -0.2) is 9.59 Å². The Morgan fingerprint density at radius 2 is 1.70 bits per heavy atom. The maximum absolute atomic E-state index is 12.5. The Labute approximate surface area is 195 Å². The van der Waals surface area contributed by atoms with Crippen molar-refractivity contribution >= 4 is 18.6 Å². The molecule has 0 N–H and O–H groups in total. The van der Waals surface area contributed by atoms with Crippen LogP contribution in [0.1, 0.15) is 72.1 Å². The van der Waals surface area contributed by atoms with Gasteiger partial charge in [0.2, 0.25) is 5.60 Å². The van der Waals surface area contributed by atoms with Crippen molar-refractivity contribution in [1.29, 1.82) is 0 Å². The summed E-state index contributed by atoms with van der Waals surface area (Å²) in [4.78, 5) is 37.1. The molecule has 7 heteroatoms. The van der Waals surface area contributed by atoms with Crippen molar-refractivity contribution in [2.24, 2.45) is 22.7 Å². The molecule has 4 aliphatic rings. The minimum Gasteiger partial charge on any atom is -0.438 e. The fourth-order valence-electron chi connectivity index (χ4n) is 7.72. The van der Waals surface area contributed by atoms with Gasteiger partial charge in [-0.15, -0.1) is 0 Å². The molecular weight excluding hydrogens is 424 g/mol. The third-order valence-electron chi connectivity index (χ3n) is 9.52. The topological polar surface area (TPSA) is 88.1 Å². The Bertz CT molecular complexity index is 906. The van der Waals surface area contributed by atoms with Gasteiger partial charge in [-0.1, -0.05) is 43.6 Å². The zero-order valence-electron chi connectivity index (χ0n) is 20.4. The van der Waals surface area contributed by atoms with Crippen LogP contribution in [0.2, 0.25) is 0 Å². The van der Waals surface area contributed by atoms with Gasteiger partial charge in [0.25, 0.3) is 0 Å². The third kappa shape index (κ3) is 3.25. The van der Waals surface area contributed by atoms with Gasteiger partial charge >= 0.3 is 12.3 Å². The van der Waals surface area contributed by atoms with Crippen molar-refractivity contribution in [3.05, 3.63) is 23.3 Å². The highest BCUT2D eigenvalue weighted by atomic mass is 16.8. The maximum Gasteiger partial charge on any atom is 0.509 e. The molecule has 0 saturated heterocycles. The van der Waals surface area contributed by atoms with Crippen molar-refractivity contribution in [2.45, 2.75) is 83.3 Å². The first-order chi connectivity index (χ1) is 15.6. The van der Waals surface area contributed by atoms with Crippen molar-refractivity contribution in [2.75, 3.05) is 14.2 Å². The van der Waals surface area contributed by atoms with E-state index in [9.17, 15) is 14.4 Å². The lowest BCUT2D eigenvalue weighted by molar-refractivity contribution is -0.207. The molecule has 182 valence electrons. The van der Waals surface area contributed by atoms with Crippen LogP contribution in [0.15, 0.2) is 23.3 Å². The van der Waals surface area contributed by atoms with Crippen LogP contribution < -0.4 is 0 Å². The number of fused-ring (bicyclic) bond motifs is 5. The fraction of sp³-hybridized carbons (Fsp3) is 0.731. The molecule has 0 spiro atoms. The Balaban J connectivity index is 1.80. The first-order valence-electron chi connectivity index (χ1n) is 12.0. The number of rotatable bonds is 4. The van der Waals surface area contributed by atoms with E-state index in [0.29, 0.717) is 18.6 Å². The summed E-state index contributed by atoms with van der Waals surface area (Å²) in [5, 5.41) is 0. The lowest BCUT2D eigenvalue weighted by Crippen LogP contribution is -2.66. The average molecular weight is 461 g/mol. The molecule has 0 aromatic rings. The van der Waals surface area contributed by atoms with E-state index >= 15 is 0 Å². The van der Waals surface area contributed by atoms with Gasteiger partial charge in [0.15, 0.2) is 11.9 Å². The summed E-state index contributed by atoms with van der Waals surface area (Å²) >= 11 is 0.